The van der Waals surface area contributed by atoms with E-state index in [4.69, 9.17) is 28.4 Å². The summed E-state index contributed by atoms with van der Waals surface area (Å²) in [4.78, 5) is 0. The largest absolute Gasteiger partial charge is 0.492 e. The average Bonchev–Trinajstić information content (AvgIpc) is 3.43. The standard InChI is InChI=1S/C22H20N2O6/c1-5-13-7-17-21(29-11-27-17)19(25-3)15(13)9-23-24-10-16-14(6-2)8-18-22(20(16)26-4)30-12-28-18/h5-10H,1-2,11-12H2,3-4H3/b23-9+,24-10+. The van der Waals surface area contributed by atoms with Crippen LogP contribution in [0.15, 0.2) is 35.5 Å². The van der Waals surface area contributed by atoms with Crippen LogP contribution in [0.25, 0.3) is 12.2 Å². The van der Waals surface area contributed by atoms with E-state index in [0.717, 1.165) is 11.1 Å². The van der Waals surface area contributed by atoms with Crippen LogP contribution in [0.1, 0.15) is 22.3 Å². The minimum absolute atomic E-state index is 0.134. The first-order valence-electron chi connectivity index (χ1n) is 9.04. The molecule has 2 aromatic carbocycles. The van der Waals surface area contributed by atoms with Crippen molar-refractivity contribution in [2.75, 3.05) is 27.8 Å². The summed E-state index contributed by atoms with van der Waals surface area (Å²) in [7, 11) is 3.11. The molecule has 2 heterocycles. The molecule has 0 unspecified atom stereocenters. The molecule has 8 nitrogen and oxygen atoms in total. The molecule has 8 heteroatoms. The van der Waals surface area contributed by atoms with Gasteiger partial charge in [0.2, 0.25) is 25.1 Å². The summed E-state index contributed by atoms with van der Waals surface area (Å²) in [5.74, 6) is 3.27. The van der Waals surface area contributed by atoms with Crippen molar-refractivity contribution < 1.29 is 28.4 Å². The number of ether oxygens (including phenoxy) is 6. The van der Waals surface area contributed by atoms with E-state index >= 15 is 0 Å². The summed E-state index contributed by atoms with van der Waals surface area (Å²) in [6.07, 6.45) is 6.52. The summed E-state index contributed by atoms with van der Waals surface area (Å²) in [5.41, 5.74) is 2.91. The molecule has 2 aromatic rings. The molecule has 0 saturated heterocycles. The van der Waals surface area contributed by atoms with Crippen LogP contribution in [0, 0.1) is 0 Å². The molecular formula is C22H20N2O6. The zero-order valence-corrected chi connectivity index (χ0v) is 16.6. The van der Waals surface area contributed by atoms with Crippen molar-refractivity contribution >= 4 is 24.6 Å². The molecule has 0 aliphatic carbocycles. The predicted molar refractivity (Wildman–Crippen MR) is 114 cm³/mol. The fourth-order valence-corrected chi connectivity index (χ4v) is 3.28. The van der Waals surface area contributed by atoms with Crippen LogP contribution >= 0.6 is 0 Å². The van der Waals surface area contributed by atoms with Gasteiger partial charge in [0.25, 0.3) is 0 Å². The number of methoxy groups -OCH3 is 2. The fourth-order valence-electron chi connectivity index (χ4n) is 3.28. The van der Waals surface area contributed by atoms with Crippen LogP contribution in [0.4, 0.5) is 0 Å². The number of fused-ring (bicyclic) bond motifs is 2. The zero-order chi connectivity index (χ0) is 21.1. The van der Waals surface area contributed by atoms with Crippen LogP contribution < -0.4 is 28.4 Å². The monoisotopic (exact) mass is 408 g/mol. The maximum Gasteiger partial charge on any atom is 0.231 e. The molecule has 0 radical (unpaired) electrons. The molecule has 2 aliphatic rings. The maximum absolute atomic E-state index is 5.51. The Labute approximate surface area is 173 Å². The topological polar surface area (TPSA) is 80.1 Å². The molecule has 0 N–H and O–H groups in total. The third kappa shape index (κ3) is 3.22. The van der Waals surface area contributed by atoms with Crippen molar-refractivity contribution in [3.8, 4) is 34.5 Å². The number of hydrogen-bond acceptors (Lipinski definition) is 8. The molecule has 4 rings (SSSR count). The molecule has 30 heavy (non-hydrogen) atoms. The molecule has 0 bridgehead atoms. The lowest BCUT2D eigenvalue weighted by atomic mass is 10.1. The van der Waals surface area contributed by atoms with E-state index in [0.29, 0.717) is 45.6 Å². The molecule has 0 aromatic heterocycles. The highest BCUT2D eigenvalue weighted by Gasteiger charge is 2.25. The zero-order valence-electron chi connectivity index (χ0n) is 16.6. The van der Waals surface area contributed by atoms with Crippen molar-refractivity contribution in [2.45, 2.75) is 0 Å². The molecule has 0 saturated carbocycles. The van der Waals surface area contributed by atoms with Crippen molar-refractivity contribution in [3.63, 3.8) is 0 Å². The average molecular weight is 408 g/mol. The second kappa shape index (κ2) is 8.20. The Kier molecular flexibility index (Phi) is 5.30. The Morgan fingerprint density at radius 3 is 1.57 bits per heavy atom. The van der Waals surface area contributed by atoms with Crippen molar-refractivity contribution in [3.05, 3.63) is 47.5 Å². The van der Waals surface area contributed by atoms with E-state index in [1.165, 1.54) is 0 Å². The van der Waals surface area contributed by atoms with Crippen molar-refractivity contribution in [2.24, 2.45) is 10.2 Å². The SMILES string of the molecule is C=Cc1cc2c(c(OC)c1/C=N/N=C/c1c(C=C)cc3c(c1OC)OCO3)OCO2. The lowest BCUT2D eigenvalue weighted by Gasteiger charge is -2.11. The van der Waals surface area contributed by atoms with Gasteiger partial charge in [-0.15, -0.1) is 0 Å². The van der Waals surface area contributed by atoms with E-state index < -0.39 is 0 Å². The van der Waals surface area contributed by atoms with Gasteiger partial charge in [-0.2, -0.15) is 10.2 Å². The fraction of sp³-hybridized carbons (Fsp3) is 0.182. The summed E-state index contributed by atoms with van der Waals surface area (Å²) < 4.78 is 32.9. The van der Waals surface area contributed by atoms with Gasteiger partial charge >= 0.3 is 0 Å². The van der Waals surface area contributed by atoms with Gasteiger partial charge in [-0.3, -0.25) is 0 Å². The second-order valence-corrected chi connectivity index (χ2v) is 6.19. The highest BCUT2D eigenvalue weighted by molar-refractivity contribution is 5.94. The number of nitrogens with zero attached hydrogens (tertiary/aromatic N) is 2. The molecule has 0 fully saturated rings. The molecule has 0 atom stereocenters. The van der Waals surface area contributed by atoms with Gasteiger partial charge in [-0.25, -0.2) is 0 Å². The number of rotatable bonds is 7. The van der Waals surface area contributed by atoms with Gasteiger partial charge in [-0.1, -0.05) is 25.3 Å². The van der Waals surface area contributed by atoms with Gasteiger partial charge < -0.3 is 28.4 Å². The van der Waals surface area contributed by atoms with Crippen LogP contribution in [0.2, 0.25) is 0 Å². The molecule has 154 valence electrons. The number of hydrogen-bond donors (Lipinski definition) is 0. The Hall–Kier alpha value is -3.94. The lowest BCUT2D eigenvalue weighted by Crippen LogP contribution is -1.98. The van der Waals surface area contributed by atoms with E-state index in [1.807, 2.05) is 12.1 Å². The van der Waals surface area contributed by atoms with Crippen LogP contribution in [0.5, 0.6) is 34.5 Å². The predicted octanol–water partition coefficient (Wildman–Crippen LogP) is 3.90. The first kappa shape index (κ1) is 19.4. The molecule has 0 spiro atoms. The Morgan fingerprint density at radius 1 is 0.767 bits per heavy atom. The third-order valence-corrected chi connectivity index (χ3v) is 4.67. The molecular weight excluding hydrogens is 388 g/mol. The van der Waals surface area contributed by atoms with Gasteiger partial charge in [0.1, 0.15) is 0 Å². The summed E-state index contributed by atoms with van der Waals surface area (Å²) in [5, 5.41) is 8.36. The molecule has 0 amide bonds. The van der Waals surface area contributed by atoms with Gasteiger partial charge in [0, 0.05) is 11.1 Å². The smallest absolute Gasteiger partial charge is 0.231 e. The maximum atomic E-state index is 5.51. The van der Waals surface area contributed by atoms with E-state index in [-0.39, 0.29) is 13.6 Å². The van der Waals surface area contributed by atoms with Crippen molar-refractivity contribution in [1.82, 2.24) is 0 Å². The normalized spacial score (nSPS) is 13.8. The minimum atomic E-state index is 0.134. The summed E-state index contributed by atoms with van der Waals surface area (Å²) in [6.45, 7) is 7.95. The highest BCUT2D eigenvalue weighted by atomic mass is 16.7. The Bertz CT molecular complexity index is 989. The van der Waals surface area contributed by atoms with E-state index in [1.54, 1.807) is 38.8 Å². The quantitative estimate of drug-likeness (QED) is 0.511. The first-order valence-corrected chi connectivity index (χ1v) is 9.04. The van der Waals surface area contributed by atoms with Crippen LogP contribution in [0.3, 0.4) is 0 Å². The number of benzene rings is 2. The molecule has 2 aliphatic heterocycles. The van der Waals surface area contributed by atoms with Gasteiger partial charge in [-0.05, 0) is 23.3 Å². The Morgan fingerprint density at radius 2 is 1.20 bits per heavy atom. The van der Waals surface area contributed by atoms with Crippen LogP contribution in [-0.2, 0) is 0 Å². The van der Waals surface area contributed by atoms with E-state index in [2.05, 4.69) is 23.4 Å². The first-order chi connectivity index (χ1) is 14.7. The van der Waals surface area contributed by atoms with Crippen LogP contribution in [-0.4, -0.2) is 40.2 Å². The van der Waals surface area contributed by atoms with Gasteiger partial charge in [0.15, 0.2) is 23.0 Å². The third-order valence-electron chi connectivity index (χ3n) is 4.67. The second-order valence-electron chi connectivity index (χ2n) is 6.19. The van der Waals surface area contributed by atoms with E-state index in [9.17, 15) is 0 Å². The summed E-state index contributed by atoms with van der Waals surface area (Å²) in [6, 6.07) is 3.64. The van der Waals surface area contributed by atoms with Gasteiger partial charge in [0.05, 0.1) is 26.6 Å². The Balaban J connectivity index is 1.70. The lowest BCUT2D eigenvalue weighted by molar-refractivity contribution is 0.171. The van der Waals surface area contributed by atoms with Crippen molar-refractivity contribution in [1.29, 1.82) is 0 Å². The highest BCUT2D eigenvalue weighted by Crippen LogP contribution is 2.45. The summed E-state index contributed by atoms with van der Waals surface area (Å²) >= 11 is 0. The minimum Gasteiger partial charge on any atom is -0.492 e.